The van der Waals surface area contributed by atoms with Gasteiger partial charge >= 0.3 is 0 Å². The second-order valence-corrected chi connectivity index (χ2v) is 5.49. The molecule has 0 aromatic carbocycles. The number of rotatable bonds is 3. The molecule has 0 aromatic rings. The van der Waals surface area contributed by atoms with E-state index in [2.05, 4.69) is 31.1 Å². The van der Waals surface area contributed by atoms with Crippen LogP contribution in [0, 0.1) is 5.92 Å². The lowest BCUT2D eigenvalue weighted by atomic mass is 9.95. The smallest absolute Gasteiger partial charge is 0.0678 e. The summed E-state index contributed by atoms with van der Waals surface area (Å²) in [6, 6.07) is 0.609. The number of nitrogens with zero attached hydrogens (tertiary/aromatic N) is 1. The Kier molecular flexibility index (Phi) is 4.79. The SMILES string of the molecule is CNC1CCOCC1CN1C[C@@H](C)O[C@@H](C)C1. The molecule has 1 N–H and O–H groups in total. The zero-order valence-electron chi connectivity index (χ0n) is 11.3. The minimum absolute atomic E-state index is 0.358. The summed E-state index contributed by atoms with van der Waals surface area (Å²) in [6.45, 7) is 9.35. The van der Waals surface area contributed by atoms with Crippen LogP contribution in [-0.2, 0) is 9.47 Å². The fourth-order valence-corrected chi connectivity index (χ4v) is 3.12. The fraction of sp³-hybridized carbons (Fsp3) is 1.00. The number of ether oxygens (including phenoxy) is 2. The summed E-state index contributed by atoms with van der Waals surface area (Å²) in [7, 11) is 2.06. The predicted octanol–water partition coefficient (Wildman–Crippen LogP) is 0.720. The molecule has 0 saturated carbocycles. The van der Waals surface area contributed by atoms with E-state index in [1.165, 1.54) is 0 Å². The Balaban J connectivity index is 1.85. The molecule has 0 aliphatic carbocycles. The van der Waals surface area contributed by atoms with Crippen molar-refractivity contribution in [1.29, 1.82) is 0 Å². The first kappa shape index (κ1) is 13.3. The van der Waals surface area contributed by atoms with Gasteiger partial charge in [-0.2, -0.15) is 0 Å². The first-order valence-electron chi connectivity index (χ1n) is 6.82. The summed E-state index contributed by atoms with van der Waals surface area (Å²) in [4.78, 5) is 2.53. The molecular weight excluding hydrogens is 216 g/mol. The van der Waals surface area contributed by atoms with E-state index in [9.17, 15) is 0 Å². The molecule has 2 saturated heterocycles. The van der Waals surface area contributed by atoms with Crippen LogP contribution in [0.15, 0.2) is 0 Å². The highest BCUT2D eigenvalue weighted by atomic mass is 16.5. The molecular formula is C13H26N2O2. The maximum absolute atomic E-state index is 5.77. The van der Waals surface area contributed by atoms with Crippen molar-refractivity contribution in [2.45, 2.75) is 38.5 Å². The molecule has 2 heterocycles. The van der Waals surface area contributed by atoms with Gasteiger partial charge < -0.3 is 14.8 Å². The van der Waals surface area contributed by atoms with Gasteiger partial charge in [0, 0.05) is 38.2 Å². The van der Waals surface area contributed by atoms with Crippen LogP contribution in [-0.4, -0.2) is 63.0 Å². The Morgan fingerprint density at radius 3 is 2.59 bits per heavy atom. The van der Waals surface area contributed by atoms with Gasteiger partial charge in [0.1, 0.15) is 0 Å². The van der Waals surface area contributed by atoms with Crippen LogP contribution in [0.1, 0.15) is 20.3 Å². The third kappa shape index (κ3) is 3.65. The van der Waals surface area contributed by atoms with Crippen molar-refractivity contribution in [3.8, 4) is 0 Å². The van der Waals surface area contributed by atoms with E-state index in [1.54, 1.807) is 0 Å². The third-order valence-electron chi connectivity index (χ3n) is 3.83. The lowest BCUT2D eigenvalue weighted by Crippen LogP contribution is -2.52. The van der Waals surface area contributed by atoms with E-state index in [-0.39, 0.29) is 0 Å². The molecule has 0 radical (unpaired) electrons. The Hall–Kier alpha value is -0.160. The number of nitrogens with one attached hydrogen (secondary N) is 1. The summed E-state index contributed by atoms with van der Waals surface area (Å²) in [6.07, 6.45) is 1.85. The highest BCUT2D eigenvalue weighted by molar-refractivity contribution is 4.83. The van der Waals surface area contributed by atoms with E-state index in [0.717, 1.165) is 39.3 Å². The highest BCUT2D eigenvalue weighted by Crippen LogP contribution is 2.19. The van der Waals surface area contributed by atoms with Gasteiger partial charge in [0.2, 0.25) is 0 Å². The van der Waals surface area contributed by atoms with Gasteiger partial charge in [0.15, 0.2) is 0 Å². The van der Waals surface area contributed by atoms with Crippen LogP contribution in [0.25, 0.3) is 0 Å². The molecule has 0 aromatic heterocycles. The summed E-state index contributed by atoms with van der Waals surface area (Å²) in [5.41, 5.74) is 0. The lowest BCUT2D eigenvalue weighted by Gasteiger charge is -2.40. The monoisotopic (exact) mass is 242 g/mol. The summed E-state index contributed by atoms with van der Waals surface area (Å²) < 4.78 is 11.4. The van der Waals surface area contributed by atoms with Crippen LogP contribution in [0.2, 0.25) is 0 Å². The van der Waals surface area contributed by atoms with Crippen molar-refractivity contribution >= 4 is 0 Å². The van der Waals surface area contributed by atoms with Crippen molar-refractivity contribution in [2.24, 2.45) is 5.92 Å². The number of hydrogen-bond acceptors (Lipinski definition) is 4. The van der Waals surface area contributed by atoms with E-state index in [4.69, 9.17) is 9.47 Å². The average Bonchev–Trinajstić information content (AvgIpc) is 2.28. The third-order valence-corrected chi connectivity index (χ3v) is 3.83. The molecule has 2 aliphatic rings. The van der Waals surface area contributed by atoms with Gasteiger partial charge in [0.05, 0.1) is 18.8 Å². The Morgan fingerprint density at radius 1 is 1.24 bits per heavy atom. The minimum atomic E-state index is 0.358. The van der Waals surface area contributed by atoms with Crippen LogP contribution in [0.3, 0.4) is 0 Å². The molecule has 4 heteroatoms. The van der Waals surface area contributed by atoms with Gasteiger partial charge in [-0.25, -0.2) is 0 Å². The number of hydrogen-bond donors (Lipinski definition) is 1. The molecule has 0 spiro atoms. The van der Waals surface area contributed by atoms with Crippen molar-refractivity contribution in [1.82, 2.24) is 10.2 Å². The first-order valence-corrected chi connectivity index (χ1v) is 6.82. The maximum Gasteiger partial charge on any atom is 0.0678 e. The Morgan fingerprint density at radius 2 is 1.94 bits per heavy atom. The van der Waals surface area contributed by atoms with E-state index in [1.807, 2.05) is 0 Å². The van der Waals surface area contributed by atoms with Crippen molar-refractivity contribution in [3.63, 3.8) is 0 Å². The average molecular weight is 242 g/mol. The van der Waals surface area contributed by atoms with Crippen LogP contribution < -0.4 is 5.32 Å². The molecule has 4 nitrogen and oxygen atoms in total. The molecule has 100 valence electrons. The normalized spacial score (nSPS) is 40.4. The largest absolute Gasteiger partial charge is 0.381 e. The molecule has 2 rings (SSSR count). The van der Waals surface area contributed by atoms with Crippen LogP contribution in [0.4, 0.5) is 0 Å². The predicted molar refractivity (Wildman–Crippen MR) is 68.2 cm³/mol. The second kappa shape index (κ2) is 6.14. The zero-order valence-corrected chi connectivity index (χ0v) is 11.3. The lowest BCUT2D eigenvalue weighted by molar-refractivity contribution is -0.0795. The van der Waals surface area contributed by atoms with Crippen molar-refractivity contribution < 1.29 is 9.47 Å². The number of morpholine rings is 1. The molecule has 4 atom stereocenters. The quantitative estimate of drug-likeness (QED) is 0.791. The van der Waals surface area contributed by atoms with Crippen LogP contribution >= 0.6 is 0 Å². The summed E-state index contributed by atoms with van der Waals surface area (Å²) in [5, 5.41) is 3.43. The second-order valence-electron chi connectivity index (χ2n) is 5.49. The molecule has 2 fully saturated rings. The zero-order chi connectivity index (χ0) is 12.3. The minimum Gasteiger partial charge on any atom is -0.381 e. The Bertz CT molecular complexity index is 227. The van der Waals surface area contributed by atoms with E-state index >= 15 is 0 Å². The van der Waals surface area contributed by atoms with E-state index < -0.39 is 0 Å². The van der Waals surface area contributed by atoms with Crippen molar-refractivity contribution in [3.05, 3.63) is 0 Å². The standard InChI is InChI=1S/C13H26N2O2/c1-10-6-15(7-11(2)17-10)8-12-9-16-5-4-13(12)14-3/h10-14H,4-9H2,1-3H3/t10-,11+,12?,13?. The van der Waals surface area contributed by atoms with Gasteiger partial charge in [0.25, 0.3) is 0 Å². The van der Waals surface area contributed by atoms with Crippen LogP contribution in [0.5, 0.6) is 0 Å². The van der Waals surface area contributed by atoms with Gasteiger partial charge in [-0.1, -0.05) is 0 Å². The fourth-order valence-electron chi connectivity index (χ4n) is 3.12. The van der Waals surface area contributed by atoms with E-state index in [0.29, 0.717) is 24.2 Å². The molecule has 0 bridgehead atoms. The first-order chi connectivity index (χ1) is 8.19. The van der Waals surface area contributed by atoms with Gasteiger partial charge in [-0.05, 0) is 27.3 Å². The van der Waals surface area contributed by atoms with Crippen molar-refractivity contribution in [2.75, 3.05) is 39.9 Å². The summed E-state index contributed by atoms with van der Waals surface area (Å²) in [5.74, 6) is 0.617. The Labute approximate surface area is 105 Å². The molecule has 2 aliphatic heterocycles. The summed E-state index contributed by atoms with van der Waals surface area (Å²) >= 11 is 0. The molecule has 0 amide bonds. The van der Waals surface area contributed by atoms with Gasteiger partial charge in [-0.3, -0.25) is 4.90 Å². The molecule has 17 heavy (non-hydrogen) atoms. The highest BCUT2D eigenvalue weighted by Gasteiger charge is 2.29. The topological polar surface area (TPSA) is 33.7 Å². The molecule has 2 unspecified atom stereocenters. The van der Waals surface area contributed by atoms with Gasteiger partial charge in [-0.15, -0.1) is 0 Å². The maximum atomic E-state index is 5.77.